The molecule has 0 aliphatic heterocycles. The van der Waals surface area contributed by atoms with Crippen molar-refractivity contribution in [3.05, 3.63) is 30.3 Å². The third-order valence-electron chi connectivity index (χ3n) is 2.18. The Morgan fingerprint density at radius 3 is 2.12 bits per heavy atom. The zero-order valence-electron chi connectivity index (χ0n) is 9.77. The van der Waals surface area contributed by atoms with E-state index in [0.717, 1.165) is 0 Å². The molecule has 0 unspecified atom stereocenters. The maximum Gasteiger partial charge on any atom is 0.194 e. The van der Waals surface area contributed by atoms with Gasteiger partial charge in [-0.2, -0.15) is 0 Å². The summed E-state index contributed by atoms with van der Waals surface area (Å²) in [5.41, 5.74) is 0. The van der Waals surface area contributed by atoms with E-state index in [0.29, 0.717) is 10.9 Å². The Morgan fingerprint density at radius 1 is 1.19 bits per heavy atom. The predicted octanol–water partition coefficient (Wildman–Crippen LogP) is 3.36. The van der Waals surface area contributed by atoms with E-state index in [1.54, 1.807) is 30.3 Å². The van der Waals surface area contributed by atoms with Gasteiger partial charge >= 0.3 is 0 Å². The summed E-state index contributed by atoms with van der Waals surface area (Å²) in [4.78, 5) is 0.313. The molecule has 0 spiro atoms. The summed E-state index contributed by atoms with van der Waals surface area (Å²) < 4.78 is 23.4. The number of hydrogen-bond donors (Lipinski definition) is 0. The fourth-order valence-corrected chi connectivity index (χ4v) is 7.22. The van der Waals surface area contributed by atoms with Gasteiger partial charge < -0.3 is 0 Å². The number of hydrogen-bond acceptors (Lipinski definition) is 2. The van der Waals surface area contributed by atoms with Crippen molar-refractivity contribution >= 4 is 29.5 Å². The van der Waals surface area contributed by atoms with Gasteiger partial charge in [-0.05, 0) is 18.2 Å². The minimum Gasteiger partial charge on any atom is -0.222 e. The lowest BCUT2D eigenvalue weighted by molar-refractivity contribution is 0.594. The Bertz CT molecular complexity index is 437. The highest BCUT2D eigenvalue weighted by Gasteiger charge is 2.30. The SMILES string of the molecule is C[Si](C)(C)C[C@@H](Cl)S(=O)(=O)c1ccccc1. The Morgan fingerprint density at radius 2 is 1.69 bits per heavy atom. The van der Waals surface area contributed by atoms with Crippen LogP contribution in [0.25, 0.3) is 0 Å². The average Bonchev–Trinajstić information content (AvgIpc) is 2.16. The van der Waals surface area contributed by atoms with Crippen LogP contribution in [0.1, 0.15) is 0 Å². The van der Waals surface area contributed by atoms with Gasteiger partial charge in [0.25, 0.3) is 0 Å². The van der Waals surface area contributed by atoms with Crippen molar-refractivity contribution in [2.24, 2.45) is 0 Å². The second-order valence-electron chi connectivity index (χ2n) is 5.03. The van der Waals surface area contributed by atoms with Gasteiger partial charge in [0.2, 0.25) is 0 Å². The summed E-state index contributed by atoms with van der Waals surface area (Å²) in [6, 6.07) is 8.98. The lowest BCUT2D eigenvalue weighted by Crippen LogP contribution is -2.28. The van der Waals surface area contributed by atoms with Crippen molar-refractivity contribution in [1.82, 2.24) is 0 Å². The third-order valence-corrected chi connectivity index (χ3v) is 7.00. The summed E-state index contributed by atoms with van der Waals surface area (Å²) in [7, 11) is -4.85. The molecule has 0 aliphatic rings. The van der Waals surface area contributed by atoms with Crippen LogP contribution in [0.15, 0.2) is 35.2 Å². The van der Waals surface area contributed by atoms with E-state index < -0.39 is 22.6 Å². The van der Waals surface area contributed by atoms with Crippen LogP contribution in [0.2, 0.25) is 25.7 Å². The summed E-state index contributed by atoms with van der Waals surface area (Å²) in [5.74, 6) is 0. The summed E-state index contributed by atoms with van der Waals surface area (Å²) in [6.07, 6.45) is 0. The van der Waals surface area contributed by atoms with Crippen molar-refractivity contribution in [2.75, 3.05) is 0 Å². The molecule has 1 aromatic carbocycles. The topological polar surface area (TPSA) is 34.1 Å². The monoisotopic (exact) mass is 276 g/mol. The minimum absolute atomic E-state index is 0.313. The molecule has 1 aromatic rings. The number of sulfone groups is 1. The Kier molecular flexibility index (Phi) is 4.21. The van der Waals surface area contributed by atoms with Gasteiger partial charge in [0.15, 0.2) is 9.84 Å². The highest BCUT2D eigenvalue weighted by atomic mass is 35.5. The summed E-state index contributed by atoms with van der Waals surface area (Å²) >= 11 is 6.04. The number of benzene rings is 1. The lowest BCUT2D eigenvalue weighted by atomic mass is 10.4. The van der Waals surface area contributed by atoms with Crippen molar-refractivity contribution in [3.63, 3.8) is 0 Å². The molecule has 2 nitrogen and oxygen atoms in total. The van der Waals surface area contributed by atoms with Crippen LogP contribution in [0, 0.1) is 0 Å². The maximum absolute atomic E-state index is 12.1. The smallest absolute Gasteiger partial charge is 0.194 e. The van der Waals surface area contributed by atoms with Gasteiger partial charge in [-0.15, -0.1) is 11.6 Å². The van der Waals surface area contributed by atoms with Crippen LogP contribution in [0.3, 0.4) is 0 Å². The Hall–Kier alpha value is -0.323. The molecule has 0 fully saturated rings. The molecule has 16 heavy (non-hydrogen) atoms. The van der Waals surface area contributed by atoms with E-state index in [2.05, 4.69) is 19.6 Å². The minimum atomic E-state index is -3.37. The maximum atomic E-state index is 12.1. The zero-order valence-corrected chi connectivity index (χ0v) is 12.3. The molecule has 5 heteroatoms. The quantitative estimate of drug-likeness (QED) is 0.624. The van der Waals surface area contributed by atoms with Crippen LogP contribution >= 0.6 is 11.6 Å². The molecule has 0 saturated carbocycles. The van der Waals surface area contributed by atoms with Gasteiger partial charge in [0, 0.05) is 8.07 Å². The van der Waals surface area contributed by atoms with Crippen LogP contribution < -0.4 is 0 Å². The van der Waals surface area contributed by atoms with E-state index >= 15 is 0 Å². The molecule has 0 heterocycles. The molecule has 0 saturated heterocycles. The van der Waals surface area contributed by atoms with Crippen molar-refractivity contribution < 1.29 is 8.42 Å². The van der Waals surface area contributed by atoms with Crippen molar-refractivity contribution in [3.8, 4) is 0 Å². The lowest BCUT2D eigenvalue weighted by Gasteiger charge is -2.20. The highest BCUT2D eigenvalue weighted by Crippen LogP contribution is 2.26. The van der Waals surface area contributed by atoms with Crippen LogP contribution in [-0.4, -0.2) is 21.2 Å². The average molecular weight is 277 g/mol. The molecule has 0 N–H and O–H groups in total. The molecular formula is C11H17ClO2SSi. The molecule has 0 radical (unpaired) electrons. The molecule has 0 amide bonds. The zero-order chi connectivity index (χ0) is 12.4. The first-order valence-corrected chi connectivity index (χ1v) is 10.9. The largest absolute Gasteiger partial charge is 0.222 e. The number of halogens is 1. The number of rotatable bonds is 4. The predicted molar refractivity (Wildman–Crippen MR) is 71.4 cm³/mol. The van der Waals surface area contributed by atoms with E-state index in [-0.39, 0.29) is 0 Å². The first-order chi connectivity index (χ1) is 7.23. The highest BCUT2D eigenvalue weighted by molar-refractivity contribution is 7.93. The molecular weight excluding hydrogens is 260 g/mol. The van der Waals surface area contributed by atoms with E-state index in [1.807, 2.05) is 0 Å². The van der Waals surface area contributed by atoms with Gasteiger partial charge in [-0.25, -0.2) is 8.42 Å². The van der Waals surface area contributed by atoms with Gasteiger partial charge in [-0.1, -0.05) is 37.8 Å². The second-order valence-corrected chi connectivity index (χ2v) is 13.5. The van der Waals surface area contributed by atoms with E-state index in [9.17, 15) is 8.42 Å². The fraction of sp³-hybridized carbons (Fsp3) is 0.455. The van der Waals surface area contributed by atoms with Crippen LogP contribution in [0.4, 0.5) is 0 Å². The molecule has 0 bridgehead atoms. The van der Waals surface area contributed by atoms with Gasteiger partial charge in [-0.3, -0.25) is 0 Å². The van der Waals surface area contributed by atoms with Gasteiger partial charge in [0.05, 0.1) is 4.90 Å². The van der Waals surface area contributed by atoms with E-state index in [4.69, 9.17) is 11.6 Å². The third kappa shape index (κ3) is 3.61. The second kappa shape index (κ2) is 4.90. The van der Waals surface area contributed by atoms with Crippen LogP contribution in [-0.2, 0) is 9.84 Å². The fourth-order valence-electron chi connectivity index (χ4n) is 1.35. The Balaban J connectivity index is 2.96. The molecule has 90 valence electrons. The van der Waals surface area contributed by atoms with Crippen molar-refractivity contribution in [1.29, 1.82) is 0 Å². The normalized spacial score (nSPS) is 14.8. The Labute approximate surface area is 104 Å². The molecule has 1 rings (SSSR count). The first-order valence-electron chi connectivity index (χ1n) is 5.16. The molecule has 0 aliphatic carbocycles. The van der Waals surface area contributed by atoms with E-state index in [1.165, 1.54) is 0 Å². The number of alkyl halides is 1. The first kappa shape index (κ1) is 13.7. The van der Waals surface area contributed by atoms with Gasteiger partial charge in [0.1, 0.15) is 4.71 Å². The summed E-state index contributed by atoms with van der Waals surface area (Å²) in [6.45, 7) is 6.34. The molecule has 1 atom stereocenters. The van der Waals surface area contributed by atoms with Crippen molar-refractivity contribution in [2.45, 2.75) is 35.3 Å². The standard InChI is InChI=1S/C11H17ClO2SSi/c1-16(2,3)9-11(12)15(13,14)10-7-5-4-6-8-10/h4-8,11H,9H2,1-3H3/t11-/m0/s1. The molecule has 0 aromatic heterocycles. The summed E-state index contributed by atoms with van der Waals surface area (Å²) in [5, 5.41) is 0. The van der Waals surface area contributed by atoms with Crippen LogP contribution in [0.5, 0.6) is 0 Å².